The second-order valence-electron chi connectivity index (χ2n) is 9.65. The Morgan fingerprint density at radius 2 is 1.83 bits per heavy atom. The normalized spacial score (nSPS) is 20.8. The number of benzene rings is 1. The number of carbonyl (C=O) groups excluding carboxylic acids is 2. The van der Waals surface area contributed by atoms with Crippen molar-refractivity contribution in [3.05, 3.63) is 71.3 Å². The summed E-state index contributed by atoms with van der Waals surface area (Å²) in [6.07, 6.45) is 3.42. The monoisotopic (exact) mass is 471 g/mol. The van der Waals surface area contributed by atoms with Crippen molar-refractivity contribution in [2.45, 2.75) is 52.7 Å². The van der Waals surface area contributed by atoms with Crippen molar-refractivity contribution in [2.75, 3.05) is 21.7 Å². The molecule has 7 nitrogen and oxygen atoms in total. The number of aromatic nitrogens is 1. The SMILES string of the molecule is C=C(C)/C(=C\C1c2ccccc2C(=O)N1c1ccc2c(n1)N(C(C)C)C(C)C(=O)N2C)[C@H](C)C=N. The Morgan fingerprint density at radius 3 is 2.46 bits per heavy atom. The fourth-order valence-electron chi connectivity index (χ4n) is 5.11. The summed E-state index contributed by atoms with van der Waals surface area (Å²) in [6.45, 7) is 13.9. The Bertz CT molecular complexity index is 1250. The minimum absolute atomic E-state index is 0.0120. The molecule has 0 radical (unpaired) electrons. The average Bonchev–Trinajstić information content (AvgIpc) is 3.11. The van der Waals surface area contributed by atoms with Crippen LogP contribution < -0.4 is 14.7 Å². The Balaban J connectivity index is 1.90. The molecule has 3 heterocycles. The molecule has 0 aliphatic carbocycles. The maximum absolute atomic E-state index is 13.7. The van der Waals surface area contributed by atoms with Gasteiger partial charge in [-0.2, -0.15) is 0 Å². The number of amides is 2. The van der Waals surface area contributed by atoms with Crippen LogP contribution in [0.5, 0.6) is 0 Å². The number of likely N-dealkylation sites (N-methyl/N-ethyl adjacent to an activating group) is 1. The quantitative estimate of drug-likeness (QED) is 0.467. The fourth-order valence-corrected chi connectivity index (χ4v) is 5.11. The van der Waals surface area contributed by atoms with E-state index in [1.807, 2.05) is 82.0 Å². The first kappa shape index (κ1) is 24.4. The van der Waals surface area contributed by atoms with Crippen LogP contribution in [0.1, 0.15) is 56.6 Å². The number of anilines is 3. The van der Waals surface area contributed by atoms with Crippen molar-refractivity contribution in [3.8, 4) is 0 Å². The van der Waals surface area contributed by atoms with Crippen molar-refractivity contribution < 1.29 is 9.59 Å². The summed E-state index contributed by atoms with van der Waals surface area (Å²) in [5.74, 6) is 0.966. The number of carbonyl (C=O) groups is 2. The minimum Gasteiger partial charge on any atom is -0.341 e. The zero-order valence-electron chi connectivity index (χ0n) is 21.2. The number of pyridine rings is 1. The zero-order chi connectivity index (χ0) is 25.6. The summed E-state index contributed by atoms with van der Waals surface area (Å²) in [5.41, 5.74) is 4.03. The van der Waals surface area contributed by atoms with Crippen LogP contribution in [0, 0.1) is 11.3 Å². The van der Waals surface area contributed by atoms with Crippen LogP contribution in [0.3, 0.4) is 0 Å². The lowest BCUT2D eigenvalue weighted by Gasteiger charge is -2.42. The number of nitrogens with one attached hydrogen (secondary N) is 1. The highest BCUT2D eigenvalue weighted by atomic mass is 16.2. The van der Waals surface area contributed by atoms with Gasteiger partial charge in [-0.3, -0.25) is 14.5 Å². The number of rotatable bonds is 6. The zero-order valence-corrected chi connectivity index (χ0v) is 21.2. The smallest absolute Gasteiger partial charge is 0.260 e. The second kappa shape index (κ2) is 9.13. The number of hydrogen-bond donors (Lipinski definition) is 1. The Labute approximate surface area is 207 Å². The lowest BCUT2D eigenvalue weighted by atomic mass is 9.92. The largest absolute Gasteiger partial charge is 0.341 e. The fraction of sp³-hybridized carbons (Fsp3) is 0.357. The van der Waals surface area contributed by atoms with Gasteiger partial charge in [0.2, 0.25) is 5.91 Å². The maximum atomic E-state index is 13.7. The van der Waals surface area contributed by atoms with Crippen molar-refractivity contribution in [3.63, 3.8) is 0 Å². The first-order valence-corrected chi connectivity index (χ1v) is 12.0. The predicted molar refractivity (Wildman–Crippen MR) is 142 cm³/mol. The van der Waals surface area contributed by atoms with Crippen molar-refractivity contribution in [1.82, 2.24) is 4.98 Å². The van der Waals surface area contributed by atoms with E-state index in [1.165, 1.54) is 6.21 Å². The summed E-state index contributed by atoms with van der Waals surface area (Å²) in [4.78, 5) is 36.8. The van der Waals surface area contributed by atoms with E-state index in [4.69, 9.17) is 10.4 Å². The molecule has 3 atom stereocenters. The second-order valence-corrected chi connectivity index (χ2v) is 9.65. The molecule has 0 saturated heterocycles. The van der Waals surface area contributed by atoms with Crippen LogP contribution in [0.2, 0.25) is 0 Å². The predicted octanol–water partition coefficient (Wildman–Crippen LogP) is 5.15. The lowest BCUT2D eigenvalue weighted by Crippen LogP contribution is -2.53. The summed E-state index contributed by atoms with van der Waals surface area (Å²) >= 11 is 0. The highest BCUT2D eigenvalue weighted by Crippen LogP contribution is 2.42. The van der Waals surface area contributed by atoms with Crippen LogP contribution in [0.15, 0.2) is 60.2 Å². The van der Waals surface area contributed by atoms with E-state index in [0.717, 1.165) is 22.4 Å². The van der Waals surface area contributed by atoms with Gasteiger partial charge in [0.05, 0.1) is 11.7 Å². The topological polar surface area (TPSA) is 80.6 Å². The molecular formula is C28H33N5O2. The van der Waals surface area contributed by atoms with E-state index in [9.17, 15) is 9.59 Å². The van der Waals surface area contributed by atoms with Gasteiger partial charge in [0.15, 0.2) is 5.82 Å². The molecule has 0 fully saturated rings. The molecule has 1 N–H and O–H groups in total. The summed E-state index contributed by atoms with van der Waals surface area (Å²) in [6, 6.07) is 10.6. The third kappa shape index (κ3) is 3.95. The minimum atomic E-state index is -0.383. The van der Waals surface area contributed by atoms with Gasteiger partial charge in [0, 0.05) is 30.8 Å². The standard InChI is InChI=1S/C28H33N5O2/c1-16(2)22(18(5)15-29)14-24-20-10-8-9-11-21(20)28(35)33(24)25-13-12-23-26(30-25)32(17(3)4)19(6)27(34)31(23)7/h8-15,17-19,24,29H,1H2,2-7H3/b22-14+,29-15?/t18-,19?,24?/m1/s1. The van der Waals surface area contributed by atoms with E-state index < -0.39 is 0 Å². The molecule has 0 bridgehead atoms. The molecule has 2 aliphatic heterocycles. The molecule has 2 amide bonds. The average molecular weight is 472 g/mol. The molecule has 2 aromatic rings. The Morgan fingerprint density at radius 1 is 1.14 bits per heavy atom. The van der Waals surface area contributed by atoms with Gasteiger partial charge >= 0.3 is 0 Å². The first-order valence-electron chi connectivity index (χ1n) is 12.0. The van der Waals surface area contributed by atoms with Crippen molar-refractivity contribution in [2.24, 2.45) is 5.92 Å². The number of allylic oxidation sites excluding steroid dienone is 2. The summed E-state index contributed by atoms with van der Waals surface area (Å²) in [7, 11) is 1.76. The molecule has 35 heavy (non-hydrogen) atoms. The molecule has 7 heteroatoms. The molecule has 4 rings (SSSR count). The maximum Gasteiger partial charge on any atom is 0.260 e. The van der Waals surface area contributed by atoms with Crippen LogP contribution in [-0.2, 0) is 4.79 Å². The van der Waals surface area contributed by atoms with Crippen LogP contribution in [0.25, 0.3) is 0 Å². The van der Waals surface area contributed by atoms with Crippen LogP contribution in [-0.4, -0.2) is 42.1 Å². The Hall–Kier alpha value is -3.74. The van der Waals surface area contributed by atoms with Gasteiger partial charge in [0.25, 0.3) is 5.91 Å². The molecule has 182 valence electrons. The number of hydrogen-bond acceptors (Lipinski definition) is 5. The number of fused-ring (bicyclic) bond motifs is 2. The number of nitrogens with zero attached hydrogens (tertiary/aromatic N) is 4. The van der Waals surface area contributed by atoms with E-state index >= 15 is 0 Å². The van der Waals surface area contributed by atoms with E-state index in [0.29, 0.717) is 17.2 Å². The van der Waals surface area contributed by atoms with Gasteiger partial charge in [0.1, 0.15) is 11.9 Å². The van der Waals surface area contributed by atoms with Crippen LogP contribution >= 0.6 is 0 Å². The Kier molecular flexibility index (Phi) is 6.36. The van der Waals surface area contributed by atoms with E-state index in [2.05, 4.69) is 6.58 Å². The summed E-state index contributed by atoms with van der Waals surface area (Å²) < 4.78 is 0. The van der Waals surface area contributed by atoms with Crippen molar-refractivity contribution >= 4 is 35.4 Å². The van der Waals surface area contributed by atoms with Crippen molar-refractivity contribution in [1.29, 1.82) is 5.41 Å². The highest BCUT2D eigenvalue weighted by Gasteiger charge is 2.40. The van der Waals surface area contributed by atoms with Gasteiger partial charge in [-0.05, 0) is 57.0 Å². The highest BCUT2D eigenvalue weighted by molar-refractivity contribution is 6.11. The van der Waals surface area contributed by atoms with E-state index in [-0.39, 0.29) is 35.9 Å². The summed E-state index contributed by atoms with van der Waals surface area (Å²) in [5, 5.41) is 7.79. The molecule has 0 saturated carbocycles. The lowest BCUT2D eigenvalue weighted by molar-refractivity contribution is -0.119. The molecule has 1 aromatic carbocycles. The molecule has 1 aromatic heterocycles. The van der Waals surface area contributed by atoms with Gasteiger partial charge in [-0.25, -0.2) is 4.98 Å². The molecule has 2 unspecified atom stereocenters. The third-order valence-electron chi connectivity index (χ3n) is 6.93. The van der Waals surface area contributed by atoms with E-state index in [1.54, 1.807) is 16.8 Å². The molecular weight excluding hydrogens is 438 g/mol. The van der Waals surface area contributed by atoms with Gasteiger partial charge < -0.3 is 15.2 Å². The third-order valence-corrected chi connectivity index (χ3v) is 6.93. The molecule has 0 spiro atoms. The molecule has 2 aliphatic rings. The first-order chi connectivity index (χ1) is 16.6. The van der Waals surface area contributed by atoms with Gasteiger partial charge in [-0.1, -0.05) is 43.4 Å². The van der Waals surface area contributed by atoms with Gasteiger partial charge in [-0.15, -0.1) is 0 Å². The van der Waals surface area contributed by atoms with Crippen LogP contribution in [0.4, 0.5) is 17.3 Å².